The molecule has 2 fully saturated rings. The molecule has 5 nitrogen and oxygen atoms in total. The van der Waals surface area contributed by atoms with Crippen LogP contribution < -0.4 is 4.90 Å². The van der Waals surface area contributed by atoms with Crippen molar-refractivity contribution in [2.45, 2.75) is 45.3 Å². The van der Waals surface area contributed by atoms with E-state index in [1.807, 2.05) is 12.1 Å². The van der Waals surface area contributed by atoms with Crippen molar-refractivity contribution in [1.82, 2.24) is 14.8 Å². The summed E-state index contributed by atoms with van der Waals surface area (Å²) < 4.78 is 0. The lowest BCUT2D eigenvalue weighted by Gasteiger charge is -2.47. The van der Waals surface area contributed by atoms with Crippen LogP contribution in [-0.4, -0.2) is 65.4 Å². The highest BCUT2D eigenvalue weighted by Crippen LogP contribution is 2.29. The van der Waals surface area contributed by atoms with Gasteiger partial charge in [-0.25, -0.2) is 4.98 Å². The van der Waals surface area contributed by atoms with Gasteiger partial charge in [0.15, 0.2) is 5.78 Å². The van der Waals surface area contributed by atoms with Crippen LogP contribution in [0.1, 0.15) is 42.6 Å². The van der Waals surface area contributed by atoms with E-state index in [-0.39, 0.29) is 5.78 Å². The zero-order valence-electron chi connectivity index (χ0n) is 18.2. The smallest absolute Gasteiger partial charge is 0.161 e. The molecule has 0 saturated carbocycles. The number of piperidine rings is 1. The Morgan fingerprint density at radius 3 is 2.42 bits per heavy atom. The number of ketones is 1. The Morgan fingerprint density at radius 1 is 1.10 bits per heavy atom. The van der Waals surface area contributed by atoms with Gasteiger partial charge in [0.2, 0.25) is 0 Å². The molecule has 3 heterocycles. The van der Waals surface area contributed by atoms with Crippen molar-refractivity contribution in [3.8, 4) is 0 Å². The van der Waals surface area contributed by atoms with Crippen molar-refractivity contribution in [3.63, 3.8) is 0 Å². The molecule has 166 valence electrons. The van der Waals surface area contributed by atoms with E-state index in [0.29, 0.717) is 22.7 Å². The van der Waals surface area contributed by atoms with E-state index < -0.39 is 0 Å². The number of aromatic nitrogens is 1. The van der Waals surface area contributed by atoms with E-state index in [1.165, 1.54) is 25.3 Å². The molecule has 1 aromatic heterocycles. The average Bonchev–Trinajstić information content (AvgIpc) is 2.76. The van der Waals surface area contributed by atoms with Gasteiger partial charge in [0.05, 0.1) is 5.02 Å². The summed E-state index contributed by atoms with van der Waals surface area (Å²) in [6.07, 6.45) is 4.03. The maximum atomic E-state index is 11.6. The Kier molecular flexibility index (Phi) is 7.17. The second kappa shape index (κ2) is 9.86. The van der Waals surface area contributed by atoms with E-state index in [1.54, 1.807) is 12.3 Å². The first-order valence-corrected chi connectivity index (χ1v) is 11.8. The summed E-state index contributed by atoms with van der Waals surface area (Å²) in [6, 6.07) is 11.0. The number of carbonyl (C=O) groups is 1. The fraction of sp³-hybridized carbons (Fsp3) is 0.500. The molecule has 0 unspecified atom stereocenters. The van der Waals surface area contributed by atoms with Gasteiger partial charge in [-0.15, -0.1) is 0 Å². The standard InChI is InChI=1S/C24H30Cl2N4O/c1-17-15-29(24-23(26)13-20(14-27-24)18(2)31)11-12-30(17)22-7-9-28(10-8-22)16-19-3-5-21(25)6-4-19/h3-6,13-14,17,22H,7-12,15-16H2,1-2H3/t17-/m0/s1. The van der Waals surface area contributed by atoms with Crippen LogP contribution in [0.4, 0.5) is 5.82 Å². The largest absolute Gasteiger partial charge is 0.353 e. The highest BCUT2D eigenvalue weighted by Gasteiger charge is 2.32. The maximum Gasteiger partial charge on any atom is 0.161 e. The molecule has 31 heavy (non-hydrogen) atoms. The van der Waals surface area contributed by atoms with Gasteiger partial charge in [-0.1, -0.05) is 35.3 Å². The molecular formula is C24H30Cl2N4O. The van der Waals surface area contributed by atoms with Gasteiger partial charge in [-0.3, -0.25) is 14.6 Å². The van der Waals surface area contributed by atoms with Gasteiger partial charge in [-0.05, 0) is 63.5 Å². The van der Waals surface area contributed by atoms with Crippen molar-refractivity contribution in [2.24, 2.45) is 0 Å². The number of likely N-dealkylation sites (tertiary alicyclic amines) is 1. The SMILES string of the molecule is CC(=O)c1cnc(N2CCN(C3CCN(Cc4ccc(Cl)cc4)CC3)[C@@H](C)C2)c(Cl)c1. The number of halogens is 2. The van der Waals surface area contributed by atoms with E-state index >= 15 is 0 Å². The summed E-state index contributed by atoms with van der Waals surface area (Å²) in [5.41, 5.74) is 1.88. The quantitative estimate of drug-likeness (QED) is 0.601. The van der Waals surface area contributed by atoms with Crippen LogP contribution in [0.3, 0.4) is 0 Å². The summed E-state index contributed by atoms with van der Waals surface area (Å²) in [4.78, 5) is 23.5. The van der Waals surface area contributed by atoms with Crippen LogP contribution in [-0.2, 0) is 6.54 Å². The summed E-state index contributed by atoms with van der Waals surface area (Å²) in [7, 11) is 0. The molecule has 0 aliphatic carbocycles. The second-order valence-electron chi connectivity index (χ2n) is 8.75. The minimum atomic E-state index is -0.0125. The van der Waals surface area contributed by atoms with Crippen LogP contribution in [0, 0.1) is 0 Å². The number of anilines is 1. The number of Topliss-reactive ketones (excluding diaryl/α,β-unsaturated/α-hetero) is 1. The van der Waals surface area contributed by atoms with Crippen LogP contribution in [0.15, 0.2) is 36.5 Å². The van der Waals surface area contributed by atoms with Gasteiger partial charge in [0.25, 0.3) is 0 Å². The molecule has 1 atom stereocenters. The van der Waals surface area contributed by atoms with Crippen molar-refractivity contribution >= 4 is 34.8 Å². The van der Waals surface area contributed by atoms with E-state index in [4.69, 9.17) is 23.2 Å². The van der Waals surface area contributed by atoms with Crippen molar-refractivity contribution < 1.29 is 4.79 Å². The molecule has 2 aliphatic rings. The molecule has 2 saturated heterocycles. The molecular weight excluding hydrogens is 431 g/mol. The molecule has 0 spiro atoms. The molecule has 0 amide bonds. The number of hydrogen-bond donors (Lipinski definition) is 0. The molecule has 7 heteroatoms. The lowest BCUT2D eigenvalue weighted by molar-refractivity contribution is 0.0690. The number of carbonyl (C=O) groups excluding carboxylic acids is 1. The van der Waals surface area contributed by atoms with E-state index in [2.05, 4.69) is 38.7 Å². The van der Waals surface area contributed by atoms with Gasteiger partial charge >= 0.3 is 0 Å². The lowest BCUT2D eigenvalue weighted by Crippen LogP contribution is -2.57. The van der Waals surface area contributed by atoms with Crippen LogP contribution in [0.2, 0.25) is 10.0 Å². The Morgan fingerprint density at radius 2 is 1.81 bits per heavy atom. The van der Waals surface area contributed by atoms with Crippen LogP contribution in [0.25, 0.3) is 0 Å². The summed E-state index contributed by atoms with van der Waals surface area (Å²) in [5, 5.41) is 1.35. The monoisotopic (exact) mass is 460 g/mol. The molecule has 4 rings (SSSR count). The Bertz CT molecular complexity index is 912. The number of nitrogens with zero attached hydrogens (tertiary/aromatic N) is 4. The van der Waals surface area contributed by atoms with Crippen molar-refractivity contribution in [2.75, 3.05) is 37.6 Å². The van der Waals surface area contributed by atoms with Crippen molar-refractivity contribution in [1.29, 1.82) is 0 Å². The minimum absolute atomic E-state index is 0.0125. The first kappa shape index (κ1) is 22.5. The van der Waals surface area contributed by atoms with Crippen LogP contribution in [0.5, 0.6) is 0 Å². The van der Waals surface area contributed by atoms with Crippen LogP contribution >= 0.6 is 23.2 Å². The van der Waals surface area contributed by atoms with Gasteiger partial charge in [-0.2, -0.15) is 0 Å². The number of rotatable bonds is 5. The summed E-state index contributed by atoms with van der Waals surface area (Å²) >= 11 is 12.5. The number of piperazine rings is 1. The predicted molar refractivity (Wildman–Crippen MR) is 127 cm³/mol. The zero-order chi connectivity index (χ0) is 22.0. The molecule has 2 aliphatic heterocycles. The summed E-state index contributed by atoms with van der Waals surface area (Å²) in [6.45, 7) is 9.89. The van der Waals surface area contributed by atoms with Gasteiger partial charge in [0.1, 0.15) is 5.82 Å². The molecule has 1 aromatic carbocycles. The third-order valence-electron chi connectivity index (χ3n) is 6.55. The highest BCUT2D eigenvalue weighted by molar-refractivity contribution is 6.33. The Labute approximate surface area is 194 Å². The topological polar surface area (TPSA) is 39.7 Å². The van der Waals surface area contributed by atoms with Crippen molar-refractivity contribution in [3.05, 3.63) is 57.7 Å². The third kappa shape index (κ3) is 5.40. The maximum absolute atomic E-state index is 11.6. The molecule has 0 bridgehead atoms. The predicted octanol–water partition coefficient (Wildman–Crippen LogP) is 4.77. The van der Waals surface area contributed by atoms with E-state index in [0.717, 1.165) is 50.1 Å². The first-order valence-electron chi connectivity index (χ1n) is 11.0. The van der Waals surface area contributed by atoms with Gasteiger partial charge < -0.3 is 4.90 Å². The fourth-order valence-corrected chi connectivity index (χ4v) is 5.23. The number of hydrogen-bond acceptors (Lipinski definition) is 5. The Hall–Kier alpha value is -1.66. The normalized spacial score (nSPS) is 21.4. The molecule has 2 aromatic rings. The van der Waals surface area contributed by atoms with Gasteiger partial charge in [0, 0.05) is 55.0 Å². The first-order chi connectivity index (χ1) is 14.9. The zero-order valence-corrected chi connectivity index (χ0v) is 19.7. The number of benzene rings is 1. The highest BCUT2D eigenvalue weighted by atomic mass is 35.5. The minimum Gasteiger partial charge on any atom is -0.353 e. The lowest BCUT2D eigenvalue weighted by atomic mass is 9.99. The molecule has 0 N–H and O–H groups in total. The Balaban J connectivity index is 1.30. The second-order valence-corrected chi connectivity index (χ2v) is 9.60. The fourth-order valence-electron chi connectivity index (χ4n) is 4.82. The van der Waals surface area contributed by atoms with E-state index in [9.17, 15) is 4.79 Å². The number of pyridine rings is 1. The average molecular weight is 461 g/mol. The third-order valence-corrected chi connectivity index (χ3v) is 7.08. The summed E-state index contributed by atoms with van der Waals surface area (Å²) in [5.74, 6) is 0.775. The molecule has 0 radical (unpaired) electrons.